The van der Waals surface area contributed by atoms with Crippen LogP contribution in [-0.4, -0.2) is 52.3 Å². The Morgan fingerprint density at radius 1 is 1.40 bits per heavy atom. The molecule has 0 aromatic carbocycles. The van der Waals surface area contributed by atoms with E-state index in [0.717, 1.165) is 12.0 Å². The van der Waals surface area contributed by atoms with Gasteiger partial charge >= 0.3 is 0 Å². The van der Waals surface area contributed by atoms with Gasteiger partial charge in [0.1, 0.15) is 5.69 Å². The molecule has 1 aromatic heterocycles. The molecule has 2 saturated heterocycles. The van der Waals surface area contributed by atoms with E-state index in [-0.39, 0.29) is 17.9 Å². The fourth-order valence-electron chi connectivity index (χ4n) is 2.88. The Morgan fingerprint density at radius 2 is 2.25 bits per heavy atom. The maximum absolute atomic E-state index is 12.4. The van der Waals surface area contributed by atoms with Crippen LogP contribution in [0.5, 0.6) is 0 Å². The van der Waals surface area contributed by atoms with Crippen LogP contribution in [0.25, 0.3) is 0 Å². The van der Waals surface area contributed by atoms with Gasteiger partial charge in [-0.05, 0) is 18.1 Å². The van der Waals surface area contributed by atoms with Crippen molar-refractivity contribution >= 4 is 11.8 Å². The van der Waals surface area contributed by atoms with E-state index in [9.17, 15) is 9.59 Å². The standard InChI is InChI=1S/C14H18N4O2/c15-7-10-1-3-12(16-8-10)14(20)17-5-6-18-11(9-17)2-4-13(18)19/h1,3,8,11H,2,4-7,9,15H2. The van der Waals surface area contributed by atoms with E-state index in [2.05, 4.69) is 4.98 Å². The van der Waals surface area contributed by atoms with Gasteiger partial charge in [-0.2, -0.15) is 0 Å². The van der Waals surface area contributed by atoms with Gasteiger partial charge in [0.2, 0.25) is 5.91 Å². The number of amides is 2. The zero-order valence-electron chi connectivity index (χ0n) is 11.3. The molecule has 1 atom stereocenters. The monoisotopic (exact) mass is 274 g/mol. The average molecular weight is 274 g/mol. The maximum atomic E-state index is 12.4. The number of nitrogens with two attached hydrogens (primary N) is 1. The molecule has 0 spiro atoms. The number of hydrogen-bond donors (Lipinski definition) is 1. The highest BCUT2D eigenvalue weighted by Crippen LogP contribution is 2.23. The lowest BCUT2D eigenvalue weighted by atomic mass is 10.1. The molecule has 0 radical (unpaired) electrons. The van der Waals surface area contributed by atoms with Crippen LogP contribution < -0.4 is 5.73 Å². The lowest BCUT2D eigenvalue weighted by molar-refractivity contribution is -0.130. The van der Waals surface area contributed by atoms with Crippen molar-refractivity contribution in [1.82, 2.24) is 14.8 Å². The Hall–Kier alpha value is -1.95. The van der Waals surface area contributed by atoms with E-state index in [1.807, 2.05) is 11.0 Å². The van der Waals surface area contributed by atoms with Crippen LogP contribution in [0.3, 0.4) is 0 Å². The molecule has 0 bridgehead atoms. The lowest BCUT2D eigenvalue weighted by Crippen LogP contribution is -2.53. The highest BCUT2D eigenvalue weighted by atomic mass is 16.2. The van der Waals surface area contributed by atoms with Crippen LogP contribution >= 0.6 is 0 Å². The van der Waals surface area contributed by atoms with E-state index < -0.39 is 0 Å². The van der Waals surface area contributed by atoms with Crippen LogP contribution in [0, 0.1) is 0 Å². The summed E-state index contributed by atoms with van der Waals surface area (Å²) < 4.78 is 0. The smallest absolute Gasteiger partial charge is 0.272 e. The molecular formula is C14H18N4O2. The van der Waals surface area contributed by atoms with Gasteiger partial charge in [-0.3, -0.25) is 14.6 Å². The molecule has 1 aromatic rings. The van der Waals surface area contributed by atoms with Gasteiger partial charge in [-0.25, -0.2) is 0 Å². The first-order valence-corrected chi connectivity index (χ1v) is 6.93. The van der Waals surface area contributed by atoms with Gasteiger partial charge in [0.25, 0.3) is 5.91 Å². The van der Waals surface area contributed by atoms with Crippen molar-refractivity contribution in [3.8, 4) is 0 Å². The van der Waals surface area contributed by atoms with Crippen molar-refractivity contribution in [3.05, 3.63) is 29.6 Å². The van der Waals surface area contributed by atoms with E-state index in [1.54, 1.807) is 17.2 Å². The van der Waals surface area contributed by atoms with Crippen LogP contribution in [0.15, 0.2) is 18.3 Å². The molecule has 2 fully saturated rings. The summed E-state index contributed by atoms with van der Waals surface area (Å²) in [5, 5.41) is 0. The molecule has 2 N–H and O–H groups in total. The highest BCUT2D eigenvalue weighted by Gasteiger charge is 2.37. The molecule has 2 aliphatic heterocycles. The second kappa shape index (κ2) is 5.20. The third-order valence-electron chi connectivity index (χ3n) is 4.06. The molecule has 2 aliphatic rings. The molecule has 3 heterocycles. The Kier molecular flexibility index (Phi) is 3.40. The molecule has 6 heteroatoms. The first kappa shape index (κ1) is 13.1. The van der Waals surface area contributed by atoms with Gasteiger partial charge in [0.05, 0.1) is 0 Å². The van der Waals surface area contributed by atoms with Gasteiger partial charge in [-0.15, -0.1) is 0 Å². The van der Waals surface area contributed by atoms with Crippen LogP contribution in [0.4, 0.5) is 0 Å². The fourth-order valence-corrected chi connectivity index (χ4v) is 2.88. The summed E-state index contributed by atoms with van der Waals surface area (Å²) in [6.45, 7) is 2.26. The van der Waals surface area contributed by atoms with Crippen molar-refractivity contribution in [1.29, 1.82) is 0 Å². The summed E-state index contributed by atoms with van der Waals surface area (Å²) in [5.74, 6) is 0.153. The summed E-state index contributed by atoms with van der Waals surface area (Å²) in [5.41, 5.74) is 6.87. The summed E-state index contributed by atoms with van der Waals surface area (Å²) in [6, 6.07) is 3.73. The zero-order chi connectivity index (χ0) is 14.1. The van der Waals surface area contributed by atoms with Gasteiger partial charge < -0.3 is 15.5 Å². The van der Waals surface area contributed by atoms with Crippen molar-refractivity contribution < 1.29 is 9.59 Å². The fraction of sp³-hybridized carbons (Fsp3) is 0.500. The van der Waals surface area contributed by atoms with Crippen LogP contribution in [0.1, 0.15) is 28.9 Å². The van der Waals surface area contributed by atoms with Gasteiger partial charge in [-0.1, -0.05) is 6.07 Å². The first-order chi connectivity index (χ1) is 9.69. The summed E-state index contributed by atoms with van der Waals surface area (Å²) in [4.78, 5) is 31.9. The Balaban J connectivity index is 1.70. The number of aromatic nitrogens is 1. The van der Waals surface area contributed by atoms with Gasteiger partial charge in [0.15, 0.2) is 0 Å². The minimum Gasteiger partial charge on any atom is -0.336 e. The molecule has 3 rings (SSSR count). The van der Waals surface area contributed by atoms with E-state index in [1.165, 1.54) is 0 Å². The lowest BCUT2D eigenvalue weighted by Gasteiger charge is -2.37. The Morgan fingerprint density at radius 3 is 2.95 bits per heavy atom. The van der Waals surface area contributed by atoms with Crippen LogP contribution in [0.2, 0.25) is 0 Å². The van der Waals surface area contributed by atoms with Crippen molar-refractivity contribution in [2.24, 2.45) is 5.73 Å². The van der Waals surface area contributed by atoms with Crippen molar-refractivity contribution in [2.45, 2.75) is 25.4 Å². The molecule has 2 amide bonds. The van der Waals surface area contributed by atoms with Gasteiger partial charge in [0, 0.05) is 44.8 Å². The van der Waals surface area contributed by atoms with E-state index in [0.29, 0.717) is 38.3 Å². The minimum atomic E-state index is -0.0624. The Bertz CT molecular complexity index is 528. The highest BCUT2D eigenvalue weighted by molar-refractivity contribution is 5.92. The number of carbonyl (C=O) groups excluding carboxylic acids is 2. The molecule has 0 aliphatic carbocycles. The number of hydrogen-bond acceptors (Lipinski definition) is 4. The van der Waals surface area contributed by atoms with Crippen molar-refractivity contribution in [3.63, 3.8) is 0 Å². The second-order valence-electron chi connectivity index (χ2n) is 5.29. The van der Waals surface area contributed by atoms with Crippen LogP contribution in [-0.2, 0) is 11.3 Å². The van der Waals surface area contributed by atoms with E-state index in [4.69, 9.17) is 5.73 Å². The quantitative estimate of drug-likeness (QED) is 0.822. The largest absolute Gasteiger partial charge is 0.336 e. The normalized spacial score (nSPS) is 22.1. The number of piperazine rings is 1. The number of fused-ring (bicyclic) bond motifs is 1. The maximum Gasteiger partial charge on any atom is 0.272 e. The molecule has 0 saturated carbocycles. The average Bonchev–Trinajstić information content (AvgIpc) is 2.87. The molecule has 6 nitrogen and oxygen atoms in total. The predicted molar refractivity (Wildman–Crippen MR) is 72.8 cm³/mol. The zero-order valence-corrected chi connectivity index (χ0v) is 11.3. The summed E-state index contributed by atoms with van der Waals surface area (Å²) >= 11 is 0. The predicted octanol–water partition coefficient (Wildman–Crippen LogP) is -0.0129. The number of pyridine rings is 1. The summed E-state index contributed by atoms with van der Waals surface area (Å²) in [7, 11) is 0. The first-order valence-electron chi connectivity index (χ1n) is 6.93. The number of nitrogens with zero attached hydrogens (tertiary/aromatic N) is 3. The Labute approximate surface area is 117 Å². The second-order valence-corrected chi connectivity index (χ2v) is 5.29. The molecule has 106 valence electrons. The van der Waals surface area contributed by atoms with E-state index >= 15 is 0 Å². The topological polar surface area (TPSA) is 79.5 Å². The molecule has 1 unspecified atom stereocenters. The molecule has 20 heavy (non-hydrogen) atoms. The van der Waals surface area contributed by atoms with Crippen molar-refractivity contribution in [2.75, 3.05) is 19.6 Å². The number of rotatable bonds is 2. The SMILES string of the molecule is NCc1ccc(C(=O)N2CCN3C(=O)CCC3C2)nc1. The number of carbonyl (C=O) groups is 2. The minimum absolute atomic E-state index is 0.0624. The molecular weight excluding hydrogens is 256 g/mol. The third-order valence-corrected chi connectivity index (χ3v) is 4.06. The third kappa shape index (κ3) is 2.27. The summed E-state index contributed by atoms with van der Waals surface area (Å²) in [6.07, 6.45) is 3.10.